The van der Waals surface area contributed by atoms with Crippen molar-refractivity contribution in [1.82, 2.24) is 0 Å². The van der Waals surface area contributed by atoms with Gasteiger partial charge < -0.3 is 28.4 Å². The number of hydrogen-bond donors (Lipinski definition) is 0. The largest absolute Gasteiger partial charge is 0.463 e. The second kappa shape index (κ2) is 24.5. The maximum atomic E-state index is 11.0. The number of unbranched alkanes of at least 4 members (excludes halogenated alkanes) is 3. The van der Waals surface area contributed by atoms with Crippen molar-refractivity contribution < 1.29 is 47.6 Å². The molecule has 210 valence electrons. The quantitative estimate of drug-likeness (QED) is 0.100. The summed E-state index contributed by atoms with van der Waals surface area (Å²) in [4.78, 5) is 43.1. The second-order valence-corrected chi connectivity index (χ2v) is 7.73. The predicted octanol–water partition coefficient (Wildman–Crippen LogP) is 3.65. The summed E-state index contributed by atoms with van der Waals surface area (Å²) in [5, 5.41) is 0. The number of ether oxygens (including phenoxy) is 6. The molecule has 3 unspecified atom stereocenters. The highest BCUT2D eigenvalue weighted by Gasteiger charge is 2.12. The molecule has 0 spiro atoms. The van der Waals surface area contributed by atoms with Gasteiger partial charge in [0.25, 0.3) is 0 Å². The molecule has 0 aromatic heterocycles. The molecule has 0 bridgehead atoms. The minimum Gasteiger partial charge on any atom is -0.463 e. The molecule has 0 amide bonds. The van der Waals surface area contributed by atoms with E-state index in [4.69, 9.17) is 28.4 Å². The van der Waals surface area contributed by atoms with E-state index in [-0.39, 0.29) is 43.5 Å². The highest BCUT2D eigenvalue weighted by atomic mass is 16.6. The van der Waals surface area contributed by atoms with E-state index in [1.807, 2.05) is 6.92 Å². The summed E-state index contributed by atoms with van der Waals surface area (Å²) in [6.45, 7) is 20.2. The molecule has 0 rings (SSSR count). The summed E-state index contributed by atoms with van der Waals surface area (Å²) in [6, 6.07) is 0. The zero-order valence-corrected chi connectivity index (χ0v) is 22.3. The number of esters is 4. The lowest BCUT2D eigenvalue weighted by atomic mass is 10.2. The molecule has 10 heteroatoms. The Morgan fingerprint density at radius 1 is 0.541 bits per heavy atom. The SMILES string of the molecule is C=CC(=O)OCC(C)OCC(C)OCC(C)OC(=O)C=C.C=CC(=O)OCCCCCCOC(=O)C=C. The van der Waals surface area contributed by atoms with E-state index in [1.165, 1.54) is 0 Å². The maximum Gasteiger partial charge on any atom is 0.330 e. The molecule has 0 aromatic rings. The number of rotatable bonds is 20. The molecule has 0 aromatic carbocycles. The molecule has 0 N–H and O–H groups in total. The first kappa shape index (κ1) is 35.9. The average Bonchev–Trinajstić information content (AvgIpc) is 2.90. The fraction of sp³-hybridized carbons (Fsp3) is 0.556. The fourth-order valence-corrected chi connectivity index (χ4v) is 2.26. The predicted molar refractivity (Wildman–Crippen MR) is 139 cm³/mol. The Balaban J connectivity index is 0. The van der Waals surface area contributed by atoms with Crippen molar-refractivity contribution in [2.45, 2.75) is 64.8 Å². The van der Waals surface area contributed by atoms with Gasteiger partial charge in [-0.1, -0.05) is 26.3 Å². The van der Waals surface area contributed by atoms with Crippen LogP contribution in [0.25, 0.3) is 0 Å². The van der Waals surface area contributed by atoms with E-state index in [9.17, 15) is 19.2 Å². The summed E-state index contributed by atoms with van der Waals surface area (Å²) >= 11 is 0. The van der Waals surface area contributed by atoms with Crippen LogP contribution in [0.1, 0.15) is 46.5 Å². The fourth-order valence-electron chi connectivity index (χ4n) is 2.26. The number of carbonyl (C=O) groups is 4. The van der Waals surface area contributed by atoms with Crippen LogP contribution in [-0.2, 0) is 47.6 Å². The van der Waals surface area contributed by atoms with Gasteiger partial charge >= 0.3 is 23.9 Å². The average molecular weight is 527 g/mol. The highest BCUT2D eigenvalue weighted by Crippen LogP contribution is 2.02. The summed E-state index contributed by atoms with van der Waals surface area (Å²) in [5.74, 6) is -1.74. The molecule has 10 nitrogen and oxygen atoms in total. The van der Waals surface area contributed by atoms with Crippen molar-refractivity contribution in [3.63, 3.8) is 0 Å². The first-order chi connectivity index (χ1) is 17.6. The lowest BCUT2D eigenvalue weighted by Gasteiger charge is -2.19. The highest BCUT2D eigenvalue weighted by molar-refractivity contribution is 5.82. The van der Waals surface area contributed by atoms with Crippen LogP contribution in [-0.4, -0.2) is 75.2 Å². The van der Waals surface area contributed by atoms with E-state index < -0.39 is 11.9 Å². The summed E-state index contributed by atoms with van der Waals surface area (Å²) in [5.41, 5.74) is 0. The van der Waals surface area contributed by atoms with E-state index in [0.717, 1.165) is 50.0 Å². The Morgan fingerprint density at radius 2 is 0.919 bits per heavy atom. The van der Waals surface area contributed by atoms with Gasteiger partial charge in [0.05, 0.1) is 38.6 Å². The van der Waals surface area contributed by atoms with Crippen LogP contribution < -0.4 is 0 Å². The Bertz CT molecular complexity index is 690. The van der Waals surface area contributed by atoms with Crippen LogP contribution in [0.5, 0.6) is 0 Å². The standard InChI is InChI=1S/C15H24O6.C12H18O4/c1-6-14(16)20-9-12(4)18-8-11(3)19-10-13(5)21-15(17)7-2;1-3-11(13)15-9-7-5-6-8-10-16-12(14)4-2/h6-7,11-13H,1-2,8-10H2,3-5H3;3-4H,1-2,5-10H2. The third-order valence-electron chi connectivity index (χ3n) is 4.20. The first-order valence-electron chi connectivity index (χ1n) is 12.0. The van der Waals surface area contributed by atoms with Gasteiger partial charge in [0, 0.05) is 24.3 Å². The Labute approximate surface area is 220 Å². The molecular weight excluding hydrogens is 484 g/mol. The molecule has 0 aliphatic carbocycles. The normalized spacial score (nSPS) is 12.3. The van der Waals surface area contributed by atoms with Gasteiger partial charge in [-0.3, -0.25) is 0 Å². The van der Waals surface area contributed by atoms with Crippen LogP contribution in [0, 0.1) is 0 Å². The van der Waals surface area contributed by atoms with E-state index >= 15 is 0 Å². The molecule has 37 heavy (non-hydrogen) atoms. The zero-order valence-electron chi connectivity index (χ0n) is 22.3. The van der Waals surface area contributed by atoms with Crippen molar-refractivity contribution in [2.24, 2.45) is 0 Å². The van der Waals surface area contributed by atoms with Crippen LogP contribution in [0.3, 0.4) is 0 Å². The van der Waals surface area contributed by atoms with Crippen molar-refractivity contribution in [1.29, 1.82) is 0 Å². The van der Waals surface area contributed by atoms with Gasteiger partial charge in [-0.2, -0.15) is 0 Å². The summed E-state index contributed by atoms with van der Waals surface area (Å²) in [6.07, 6.45) is 7.24. The van der Waals surface area contributed by atoms with Crippen molar-refractivity contribution >= 4 is 23.9 Å². The van der Waals surface area contributed by atoms with Gasteiger partial charge in [-0.15, -0.1) is 0 Å². The summed E-state index contributed by atoms with van der Waals surface area (Å²) in [7, 11) is 0. The Kier molecular flexibility index (Phi) is 23.7. The molecule has 0 heterocycles. The molecule has 0 aliphatic rings. The van der Waals surface area contributed by atoms with Gasteiger partial charge in [-0.05, 0) is 46.5 Å². The van der Waals surface area contributed by atoms with Gasteiger partial charge in [-0.25, -0.2) is 19.2 Å². The van der Waals surface area contributed by atoms with Crippen molar-refractivity contribution in [2.75, 3.05) is 33.0 Å². The zero-order chi connectivity index (χ0) is 28.5. The molecule has 0 radical (unpaired) electrons. The van der Waals surface area contributed by atoms with Crippen LogP contribution in [0.2, 0.25) is 0 Å². The van der Waals surface area contributed by atoms with Crippen LogP contribution in [0.4, 0.5) is 0 Å². The second-order valence-electron chi connectivity index (χ2n) is 7.73. The minimum atomic E-state index is -0.479. The number of carbonyl (C=O) groups excluding carboxylic acids is 4. The van der Waals surface area contributed by atoms with Crippen LogP contribution >= 0.6 is 0 Å². The van der Waals surface area contributed by atoms with E-state index in [1.54, 1.807) is 13.8 Å². The molecule has 0 fully saturated rings. The lowest BCUT2D eigenvalue weighted by molar-refractivity contribution is -0.148. The molecule has 0 aliphatic heterocycles. The monoisotopic (exact) mass is 526 g/mol. The first-order valence-corrected chi connectivity index (χ1v) is 12.0. The smallest absolute Gasteiger partial charge is 0.330 e. The van der Waals surface area contributed by atoms with Crippen molar-refractivity contribution in [3.05, 3.63) is 50.6 Å². The third kappa shape index (κ3) is 25.7. The topological polar surface area (TPSA) is 124 Å². The van der Waals surface area contributed by atoms with Gasteiger partial charge in [0.2, 0.25) is 0 Å². The summed E-state index contributed by atoms with van der Waals surface area (Å²) < 4.78 is 30.4. The Hall–Kier alpha value is -3.24. The lowest BCUT2D eigenvalue weighted by Crippen LogP contribution is -2.27. The molecule has 0 saturated heterocycles. The van der Waals surface area contributed by atoms with E-state index in [0.29, 0.717) is 19.8 Å². The maximum absolute atomic E-state index is 11.0. The van der Waals surface area contributed by atoms with Gasteiger partial charge in [0.15, 0.2) is 0 Å². The number of hydrogen-bond acceptors (Lipinski definition) is 10. The molecular formula is C27H42O10. The molecule has 3 atom stereocenters. The molecule has 0 saturated carbocycles. The third-order valence-corrected chi connectivity index (χ3v) is 4.20. The van der Waals surface area contributed by atoms with E-state index in [2.05, 4.69) is 26.3 Å². The van der Waals surface area contributed by atoms with Crippen LogP contribution in [0.15, 0.2) is 50.6 Å². The van der Waals surface area contributed by atoms with Crippen molar-refractivity contribution in [3.8, 4) is 0 Å². The Morgan fingerprint density at radius 3 is 1.35 bits per heavy atom. The van der Waals surface area contributed by atoms with Gasteiger partial charge in [0.1, 0.15) is 12.7 Å². The minimum absolute atomic E-state index is 0.158.